The molecule has 6 heteroatoms. The first-order valence-electron chi connectivity index (χ1n) is 6.99. The minimum atomic E-state index is -0.244. The maximum atomic E-state index is 12.1. The second-order valence-electron chi connectivity index (χ2n) is 5.50. The third-order valence-electron chi connectivity index (χ3n) is 4.15. The van der Waals surface area contributed by atoms with Gasteiger partial charge in [-0.3, -0.25) is 15.0 Å². The Balaban J connectivity index is 1.88. The normalized spacial score (nSPS) is 30.4. The standard InChI is InChI=1S/C13H22N4O2/c14-13(15)16-6-2-4-9-8-3-1-5-11(18)10(7-8)17-12(9)19/h8-10H,1-7H2,(H,17,19)(H4,14,15,16)/t8?,9-,10?/m0/s1. The van der Waals surface area contributed by atoms with Crippen molar-refractivity contribution in [1.82, 2.24) is 10.6 Å². The Bertz CT molecular complexity index is 383. The van der Waals surface area contributed by atoms with Crippen molar-refractivity contribution >= 4 is 17.6 Å². The van der Waals surface area contributed by atoms with Crippen molar-refractivity contribution in [2.45, 2.75) is 44.6 Å². The van der Waals surface area contributed by atoms with Crippen LogP contribution in [0.4, 0.5) is 0 Å². The first-order chi connectivity index (χ1) is 9.08. The molecule has 106 valence electrons. The van der Waals surface area contributed by atoms with E-state index < -0.39 is 0 Å². The van der Waals surface area contributed by atoms with Crippen LogP contribution in [0.15, 0.2) is 0 Å². The fourth-order valence-corrected chi connectivity index (χ4v) is 3.17. The number of rotatable bonds is 4. The lowest BCUT2D eigenvalue weighted by atomic mass is 9.78. The van der Waals surface area contributed by atoms with E-state index in [1.807, 2.05) is 0 Å². The van der Waals surface area contributed by atoms with Gasteiger partial charge >= 0.3 is 0 Å². The average Bonchev–Trinajstić information content (AvgIpc) is 2.49. The molecule has 0 aromatic heterocycles. The molecular formula is C13H22N4O2. The molecule has 2 bridgehead atoms. The minimum absolute atomic E-state index is 0.0101. The molecule has 5 N–H and O–H groups in total. The van der Waals surface area contributed by atoms with Gasteiger partial charge in [-0.1, -0.05) is 0 Å². The molecular weight excluding hydrogens is 244 g/mol. The summed E-state index contributed by atoms with van der Waals surface area (Å²) < 4.78 is 0. The number of nitrogens with two attached hydrogens (primary N) is 1. The molecule has 1 saturated carbocycles. The van der Waals surface area contributed by atoms with Crippen LogP contribution in [-0.2, 0) is 9.59 Å². The number of piperidine rings is 1. The topological polar surface area (TPSA) is 108 Å². The first kappa shape index (κ1) is 13.8. The summed E-state index contributed by atoms with van der Waals surface area (Å²) in [5, 5.41) is 12.7. The Morgan fingerprint density at radius 3 is 3.00 bits per heavy atom. The van der Waals surface area contributed by atoms with Crippen molar-refractivity contribution < 1.29 is 9.59 Å². The van der Waals surface area contributed by atoms with E-state index in [1.54, 1.807) is 0 Å². The van der Waals surface area contributed by atoms with Gasteiger partial charge in [0, 0.05) is 18.9 Å². The van der Waals surface area contributed by atoms with E-state index in [9.17, 15) is 9.59 Å². The predicted molar refractivity (Wildman–Crippen MR) is 71.5 cm³/mol. The van der Waals surface area contributed by atoms with Crippen molar-refractivity contribution in [3.63, 3.8) is 0 Å². The molecule has 1 aliphatic heterocycles. The lowest BCUT2D eigenvalue weighted by Gasteiger charge is -2.33. The second kappa shape index (κ2) is 6.04. The Labute approximate surface area is 113 Å². The van der Waals surface area contributed by atoms with Crippen LogP contribution in [0.5, 0.6) is 0 Å². The van der Waals surface area contributed by atoms with Gasteiger partial charge in [0.25, 0.3) is 0 Å². The number of hydrogen-bond acceptors (Lipinski definition) is 3. The SMILES string of the molecule is N=C(N)NCCC[C@@H]1C(=O)NC2CC1CCCC2=O. The maximum Gasteiger partial charge on any atom is 0.223 e. The molecule has 0 spiro atoms. The number of Topliss-reactive ketones (excluding diaryl/α,β-unsaturated/α-hetero) is 1. The number of carbonyl (C=O) groups excluding carboxylic acids is 2. The van der Waals surface area contributed by atoms with Crippen LogP contribution in [0.1, 0.15) is 38.5 Å². The molecule has 0 radical (unpaired) electrons. The number of fused-ring (bicyclic) bond motifs is 2. The van der Waals surface area contributed by atoms with E-state index in [0.29, 0.717) is 18.9 Å². The van der Waals surface area contributed by atoms with Crippen LogP contribution in [0, 0.1) is 17.2 Å². The highest BCUT2D eigenvalue weighted by atomic mass is 16.2. The number of hydrogen-bond donors (Lipinski definition) is 4. The van der Waals surface area contributed by atoms with Gasteiger partial charge in [0.15, 0.2) is 11.7 Å². The molecule has 1 amide bonds. The first-order valence-corrected chi connectivity index (χ1v) is 6.99. The minimum Gasteiger partial charge on any atom is -0.370 e. The van der Waals surface area contributed by atoms with Crippen molar-refractivity contribution in [2.75, 3.05) is 6.54 Å². The Kier molecular flexibility index (Phi) is 4.39. The van der Waals surface area contributed by atoms with Gasteiger partial charge in [-0.25, -0.2) is 0 Å². The lowest BCUT2D eigenvalue weighted by molar-refractivity contribution is -0.134. The summed E-state index contributed by atoms with van der Waals surface area (Å²) in [5.41, 5.74) is 5.21. The van der Waals surface area contributed by atoms with Crippen molar-refractivity contribution in [1.29, 1.82) is 5.41 Å². The van der Waals surface area contributed by atoms with E-state index in [2.05, 4.69) is 10.6 Å². The summed E-state index contributed by atoms with van der Waals surface area (Å²) in [7, 11) is 0. The summed E-state index contributed by atoms with van der Waals surface area (Å²) in [6.45, 7) is 0.619. The highest BCUT2D eigenvalue weighted by Gasteiger charge is 2.39. The molecule has 1 aliphatic carbocycles. The van der Waals surface area contributed by atoms with Gasteiger partial charge in [0.2, 0.25) is 5.91 Å². The van der Waals surface area contributed by atoms with E-state index in [0.717, 1.165) is 32.1 Å². The lowest BCUT2D eigenvalue weighted by Crippen LogP contribution is -2.50. The van der Waals surface area contributed by atoms with Gasteiger partial charge in [-0.15, -0.1) is 0 Å². The largest absolute Gasteiger partial charge is 0.370 e. The molecule has 6 nitrogen and oxygen atoms in total. The zero-order chi connectivity index (χ0) is 13.8. The van der Waals surface area contributed by atoms with E-state index in [-0.39, 0.29) is 29.6 Å². The number of nitrogens with one attached hydrogen (secondary N) is 3. The monoisotopic (exact) mass is 266 g/mol. The number of amides is 1. The van der Waals surface area contributed by atoms with Crippen molar-refractivity contribution in [3.05, 3.63) is 0 Å². The van der Waals surface area contributed by atoms with E-state index in [4.69, 9.17) is 11.1 Å². The van der Waals surface area contributed by atoms with Crippen LogP contribution in [0.3, 0.4) is 0 Å². The number of guanidine groups is 1. The van der Waals surface area contributed by atoms with Gasteiger partial charge in [0.05, 0.1) is 6.04 Å². The highest BCUT2D eigenvalue weighted by Crippen LogP contribution is 2.34. The maximum absolute atomic E-state index is 12.1. The Morgan fingerprint density at radius 2 is 2.26 bits per heavy atom. The van der Waals surface area contributed by atoms with Crippen molar-refractivity contribution in [3.8, 4) is 0 Å². The van der Waals surface area contributed by atoms with Gasteiger partial charge in [0.1, 0.15) is 0 Å². The fourth-order valence-electron chi connectivity index (χ4n) is 3.17. The predicted octanol–water partition coefficient (Wildman–Crippen LogP) is 0.124. The van der Waals surface area contributed by atoms with E-state index >= 15 is 0 Å². The highest BCUT2D eigenvalue weighted by molar-refractivity contribution is 5.91. The summed E-state index contributed by atoms with van der Waals surface area (Å²) in [5.74, 6) is 0.526. The van der Waals surface area contributed by atoms with Gasteiger partial charge in [-0.05, 0) is 38.0 Å². The molecule has 3 atom stereocenters. The van der Waals surface area contributed by atoms with Crippen LogP contribution in [0.25, 0.3) is 0 Å². The zero-order valence-electron chi connectivity index (χ0n) is 11.1. The number of ketones is 1. The molecule has 2 unspecified atom stereocenters. The summed E-state index contributed by atoms with van der Waals surface area (Å²) in [4.78, 5) is 23.8. The quantitative estimate of drug-likeness (QED) is 0.329. The third kappa shape index (κ3) is 3.45. The third-order valence-corrected chi connectivity index (χ3v) is 4.15. The Morgan fingerprint density at radius 1 is 1.47 bits per heavy atom. The second-order valence-corrected chi connectivity index (χ2v) is 5.50. The molecule has 2 rings (SSSR count). The van der Waals surface area contributed by atoms with Crippen LogP contribution < -0.4 is 16.4 Å². The fraction of sp³-hybridized carbons (Fsp3) is 0.769. The summed E-state index contributed by atoms with van der Waals surface area (Å²) in [6, 6.07) is -0.244. The van der Waals surface area contributed by atoms with Crippen LogP contribution in [-0.4, -0.2) is 30.2 Å². The van der Waals surface area contributed by atoms with Crippen LogP contribution >= 0.6 is 0 Å². The summed E-state index contributed by atoms with van der Waals surface area (Å²) >= 11 is 0. The van der Waals surface area contributed by atoms with E-state index in [1.165, 1.54) is 0 Å². The molecule has 1 heterocycles. The van der Waals surface area contributed by atoms with Crippen molar-refractivity contribution in [2.24, 2.45) is 17.6 Å². The number of carbonyl (C=O) groups is 2. The average molecular weight is 266 g/mol. The molecule has 1 saturated heterocycles. The molecule has 2 fully saturated rings. The molecule has 2 aliphatic rings. The smallest absolute Gasteiger partial charge is 0.223 e. The van der Waals surface area contributed by atoms with Gasteiger partial charge in [-0.2, -0.15) is 0 Å². The molecule has 19 heavy (non-hydrogen) atoms. The van der Waals surface area contributed by atoms with Crippen LogP contribution in [0.2, 0.25) is 0 Å². The zero-order valence-corrected chi connectivity index (χ0v) is 11.1. The Hall–Kier alpha value is -1.59. The molecule has 0 aromatic rings. The van der Waals surface area contributed by atoms with Gasteiger partial charge < -0.3 is 16.4 Å². The molecule has 0 aromatic carbocycles. The summed E-state index contributed by atoms with van der Waals surface area (Å²) in [6.07, 6.45) is 4.87.